The van der Waals surface area contributed by atoms with Crippen LogP contribution in [0.4, 0.5) is 11.6 Å². The molecule has 0 radical (unpaired) electrons. The zero-order chi connectivity index (χ0) is 18.1. The highest BCUT2D eigenvalue weighted by molar-refractivity contribution is 7.17. The van der Waals surface area contributed by atoms with Crippen LogP contribution in [0.1, 0.15) is 5.69 Å². The van der Waals surface area contributed by atoms with Crippen molar-refractivity contribution in [2.45, 2.75) is 6.92 Å². The number of nitrogens with one attached hydrogen (secondary N) is 1. The fourth-order valence-corrected chi connectivity index (χ4v) is 4.14. The number of piperazine rings is 1. The third kappa shape index (κ3) is 3.42. The number of carbonyl (C=O) groups is 1. The van der Waals surface area contributed by atoms with Gasteiger partial charge in [-0.1, -0.05) is 0 Å². The number of nitrogens with zero attached hydrogens (tertiary/aromatic N) is 5. The number of fused-ring (bicyclic) bond motifs is 1. The molecular formula is C18H22N6OS. The predicted octanol–water partition coefficient (Wildman–Crippen LogP) is 2.10. The number of anilines is 2. The number of hydrogen-bond acceptors (Lipinski definition) is 6. The molecule has 0 bridgehead atoms. The summed E-state index contributed by atoms with van der Waals surface area (Å²) in [6.45, 7) is 5.76. The van der Waals surface area contributed by atoms with Crippen LogP contribution in [0.2, 0.25) is 0 Å². The van der Waals surface area contributed by atoms with Gasteiger partial charge >= 0.3 is 0 Å². The highest BCUT2D eigenvalue weighted by Gasteiger charge is 2.21. The van der Waals surface area contributed by atoms with Gasteiger partial charge in [0.2, 0.25) is 5.91 Å². The van der Waals surface area contributed by atoms with Gasteiger partial charge in [-0.25, -0.2) is 4.98 Å². The van der Waals surface area contributed by atoms with Crippen LogP contribution in [0.25, 0.3) is 10.1 Å². The molecular weight excluding hydrogens is 348 g/mol. The number of rotatable bonds is 4. The number of hydrogen-bond donors (Lipinski definition) is 1. The SMILES string of the molecule is Cc1cc(NC(=O)CN2CCN(c3nccc4sccc34)CC2)n(C)n1. The van der Waals surface area contributed by atoms with Gasteiger partial charge in [-0.3, -0.25) is 14.4 Å². The normalized spacial score (nSPS) is 15.5. The van der Waals surface area contributed by atoms with Gasteiger partial charge in [0, 0.05) is 55.6 Å². The van der Waals surface area contributed by atoms with Gasteiger partial charge in [0.1, 0.15) is 11.6 Å². The first-order valence-corrected chi connectivity index (χ1v) is 9.58. The molecule has 0 spiro atoms. The number of carbonyl (C=O) groups excluding carboxylic acids is 1. The fraction of sp³-hybridized carbons (Fsp3) is 0.389. The van der Waals surface area contributed by atoms with E-state index in [2.05, 4.69) is 42.7 Å². The summed E-state index contributed by atoms with van der Waals surface area (Å²) < 4.78 is 2.96. The summed E-state index contributed by atoms with van der Waals surface area (Å²) in [7, 11) is 1.83. The van der Waals surface area contributed by atoms with Crippen molar-refractivity contribution in [1.29, 1.82) is 0 Å². The third-order valence-corrected chi connectivity index (χ3v) is 5.55. The standard InChI is InChI=1S/C18H22N6OS/c1-13-11-16(22(2)21-13)20-17(25)12-23-6-8-24(9-7-23)18-14-4-10-26-15(14)3-5-19-18/h3-5,10-11H,6-9,12H2,1-2H3,(H,20,25). The van der Waals surface area contributed by atoms with Crippen LogP contribution < -0.4 is 10.2 Å². The molecule has 4 rings (SSSR count). The summed E-state index contributed by atoms with van der Waals surface area (Å²) >= 11 is 1.74. The second kappa shape index (κ2) is 7.05. The van der Waals surface area contributed by atoms with Crippen LogP contribution in [-0.4, -0.2) is 58.3 Å². The average Bonchev–Trinajstić information content (AvgIpc) is 3.21. The number of aromatic nitrogens is 3. The Kier molecular flexibility index (Phi) is 4.60. The van der Waals surface area contributed by atoms with E-state index in [9.17, 15) is 4.79 Å². The summed E-state index contributed by atoms with van der Waals surface area (Å²) in [6.07, 6.45) is 1.88. The van der Waals surface area contributed by atoms with Crippen LogP contribution in [0.3, 0.4) is 0 Å². The zero-order valence-electron chi connectivity index (χ0n) is 15.0. The van der Waals surface area contributed by atoms with Crippen molar-refractivity contribution < 1.29 is 4.79 Å². The Balaban J connectivity index is 1.34. The maximum atomic E-state index is 12.3. The molecule has 3 aromatic heterocycles. The quantitative estimate of drug-likeness (QED) is 0.762. The number of pyridine rings is 1. The topological polar surface area (TPSA) is 66.3 Å². The van der Waals surface area contributed by atoms with Gasteiger partial charge < -0.3 is 10.2 Å². The summed E-state index contributed by atoms with van der Waals surface area (Å²) in [6, 6.07) is 6.07. The Morgan fingerprint density at radius 3 is 2.81 bits per heavy atom. The van der Waals surface area contributed by atoms with E-state index in [4.69, 9.17) is 0 Å². The van der Waals surface area contributed by atoms with E-state index in [1.165, 1.54) is 10.1 Å². The lowest BCUT2D eigenvalue weighted by Gasteiger charge is -2.35. The molecule has 136 valence electrons. The molecule has 26 heavy (non-hydrogen) atoms. The van der Waals surface area contributed by atoms with Crippen molar-refractivity contribution in [3.63, 3.8) is 0 Å². The Morgan fingerprint density at radius 2 is 2.08 bits per heavy atom. The average molecular weight is 370 g/mol. The summed E-state index contributed by atoms with van der Waals surface area (Å²) in [5.41, 5.74) is 0.895. The van der Waals surface area contributed by atoms with Gasteiger partial charge in [-0.15, -0.1) is 11.3 Å². The lowest BCUT2D eigenvalue weighted by Crippen LogP contribution is -2.49. The summed E-state index contributed by atoms with van der Waals surface area (Å²) in [5.74, 6) is 1.79. The van der Waals surface area contributed by atoms with Crippen molar-refractivity contribution in [2.75, 3.05) is 42.9 Å². The maximum absolute atomic E-state index is 12.3. The molecule has 1 saturated heterocycles. The maximum Gasteiger partial charge on any atom is 0.239 e. The van der Waals surface area contributed by atoms with Gasteiger partial charge in [0.25, 0.3) is 0 Å². The highest BCUT2D eigenvalue weighted by Crippen LogP contribution is 2.28. The molecule has 0 aromatic carbocycles. The Hall–Kier alpha value is -2.45. The highest BCUT2D eigenvalue weighted by atomic mass is 32.1. The minimum atomic E-state index is -0.000453. The van der Waals surface area contributed by atoms with Gasteiger partial charge in [-0.2, -0.15) is 5.10 Å². The van der Waals surface area contributed by atoms with Crippen LogP contribution in [0, 0.1) is 6.92 Å². The first-order chi connectivity index (χ1) is 12.6. The number of thiophene rings is 1. The van der Waals surface area contributed by atoms with Crippen LogP contribution in [0.15, 0.2) is 29.8 Å². The van der Waals surface area contributed by atoms with Crippen molar-refractivity contribution >= 4 is 39.0 Å². The zero-order valence-corrected chi connectivity index (χ0v) is 15.8. The van der Waals surface area contributed by atoms with Gasteiger partial charge in [0.05, 0.1) is 12.2 Å². The lowest BCUT2D eigenvalue weighted by molar-refractivity contribution is -0.117. The lowest BCUT2D eigenvalue weighted by atomic mass is 10.2. The van der Waals surface area contributed by atoms with Crippen molar-refractivity contribution in [3.8, 4) is 0 Å². The molecule has 7 nitrogen and oxygen atoms in total. The van der Waals surface area contributed by atoms with Crippen LogP contribution in [-0.2, 0) is 11.8 Å². The molecule has 0 atom stereocenters. The molecule has 4 heterocycles. The fourth-order valence-electron chi connectivity index (χ4n) is 3.36. The predicted molar refractivity (Wildman–Crippen MR) is 105 cm³/mol. The molecule has 8 heteroatoms. The van der Waals surface area contributed by atoms with E-state index in [-0.39, 0.29) is 5.91 Å². The molecule has 1 amide bonds. The van der Waals surface area contributed by atoms with Crippen molar-refractivity contribution in [3.05, 3.63) is 35.5 Å². The van der Waals surface area contributed by atoms with Gasteiger partial charge in [0.15, 0.2) is 0 Å². The number of aryl methyl sites for hydroxylation is 2. The van der Waals surface area contributed by atoms with Crippen molar-refractivity contribution in [1.82, 2.24) is 19.7 Å². The van der Waals surface area contributed by atoms with Crippen LogP contribution >= 0.6 is 11.3 Å². The molecule has 0 aliphatic carbocycles. The molecule has 1 N–H and O–H groups in total. The Bertz CT molecular complexity index is 925. The first kappa shape index (κ1) is 17.0. The second-order valence-corrected chi connectivity index (χ2v) is 7.52. The summed E-state index contributed by atoms with van der Waals surface area (Å²) in [4.78, 5) is 21.4. The molecule has 1 aliphatic rings. The van der Waals surface area contributed by atoms with Crippen LogP contribution in [0.5, 0.6) is 0 Å². The molecule has 3 aromatic rings. The molecule has 0 saturated carbocycles. The van der Waals surface area contributed by atoms with E-state index in [1.54, 1.807) is 16.0 Å². The van der Waals surface area contributed by atoms with Gasteiger partial charge in [-0.05, 0) is 24.4 Å². The smallest absolute Gasteiger partial charge is 0.239 e. The number of amides is 1. The molecule has 1 fully saturated rings. The first-order valence-electron chi connectivity index (χ1n) is 8.70. The molecule has 0 unspecified atom stereocenters. The molecule has 1 aliphatic heterocycles. The minimum Gasteiger partial charge on any atom is -0.354 e. The Morgan fingerprint density at radius 1 is 1.27 bits per heavy atom. The second-order valence-electron chi connectivity index (χ2n) is 6.57. The van der Waals surface area contributed by atoms with E-state index in [0.717, 1.165) is 43.5 Å². The third-order valence-electron chi connectivity index (χ3n) is 4.67. The van der Waals surface area contributed by atoms with E-state index >= 15 is 0 Å². The van der Waals surface area contributed by atoms with E-state index in [1.807, 2.05) is 26.2 Å². The Labute approximate surface area is 156 Å². The monoisotopic (exact) mass is 370 g/mol. The summed E-state index contributed by atoms with van der Waals surface area (Å²) in [5, 5.41) is 10.5. The largest absolute Gasteiger partial charge is 0.354 e. The van der Waals surface area contributed by atoms with E-state index < -0.39 is 0 Å². The van der Waals surface area contributed by atoms with E-state index in [0.29, 0.717) is 6.54 Å². The minimum absolute atomic E-state index is 0.000453. The van der Waals surface area contributed by atoms with Crippen molar-refractivity contribution in [2.24, 2.45) is 7.05 Å².